The maximum absolute atomic E-state index is 11.5. The molecule has 1 aromatic rings. The topological polar surface area (TPSA) is 134 Å². The Morgan fingerprint density at radius 3 is 2.64 bits per heavy atom. The zero-order valence-electron chi connectivity index (χ0n) is 15.8. The van der Waals surface area contributed by atoms with Gasteiger partial charge in [0.25, 0.3) is 6.47 Å². The van der Waals surface area contributed by atoms with Gasteiger partial charge in [0, 0.05) is 18.9 Å². The normalized spacial score (nSPS) is 26.9. The molecule has 0 spiro atoms. The summed E-state index contributed by atoms with van der Waals surface area (Å²) in [5.41, 5.74) is -0.0110. The van der Waals surface area contributed by atoms with Crippen LogP contribution in [0.2, 0.25) is 0 Å². The fourth-order valence-electron chi connectivity index (χ4n) is 3.06. The summed E-state index contributed by atoms with van der Waals surface area (Å²) in [5.74, 6) is -1.02. The number of ether oxygens (including phenoxy) is 4. The van der Waals surface area contributed by atoms with Crippen molar-refractivity contribution in [3.63, 3.8) is 0 Å². The van der Waals surface area contributed by atoms with Gasteiger partial charge in [-0.3, -0.25) is 19.7 Å². The van der Waals surface area contributed by atoms with E-state index < -0.39 is 29.4 Å². The first-order valence-corrected chi connectivity index (χ1v) is 8.71. The van der Waals surface area contributed by atoms with Gasteiger partial charge in [-0.2, -0.15) is 0 Å². The monoisotopic (exact) mass is 397 g/mol. The Morgan fingerprint density at radius 2 is 2.07 bits per heavy atom. The van der Waals surface area contributed by atoms with Crippen molar-refractivity contribution < 1.29 is 38.6 Å². The van der Waals surface area contributed by atoms with Crippen LogP contribution in [-0.2, 0) is 30.4 Å². The minimum Gasteiger partial charge on any atom is -0.465 e. The third-order valence-corrected chi connectivity index (χ3v) is 4.79. The van der Waals surface area contributed by atoms with Gasteiger partial charge in [-0.15, -0.1) is 0 Å². The summed E-state index contributed by atoms with van der Waals surface area (Å²) in [6, 6.07) is 4.01. The van der Waals surface area contributed by atoms with Crippen LogP contribution in [0.4, 0.5) is 5.69 Å². The van der Waals surface area contributed by atoms with E-state index in [0.717, 1.165) is 0 Å². The van der Waals surface area contributed by atoms with Crippen LogP contribution >= 0.6 is 0 Å². The van der Waals surface area contributed by atoms with Crippen LogP contribution in [-0.4, -0.2) is 47.6 Å². The maximum Gasteiger partial charge on any atom is 0.311 e. The number of benzene rings is 1. The highest BCUT2D eigenvalue weighted by atomic mass is 16.7. The van der Waals surface area contributed by atoms with Crippen LogP contribution in [0.3, 0.4) is 0 Å². The molecule has 2 rings (SSSR count). The number of esters is 1. The Kier molecular flexibility index (Phi) is 7.30. The highest BCUT2D eigenvalue weighted by Crippen LogP contribution is 2.36. The molecule has 2 unspecified atom stereocenters. The molecule has 0 saturated carbocycles. The van der Waals surface area contributed by atoms with Crippen LogP contribution in [0, 0.1) is 22.0 Å². The smallest absolute Gasteiger partial charge is 0.311 e. The third kappa shape index (κ3) is 4.96. The fourth-order valence-corrected chi connectivity index (χ4v) is 3.06. The zero-order valence-corrected chi connectivity index (χ0v) is 15.8. The Hall–Kier alpha value is -2.72. The number of carbonyl (C=O) groups excluding carboxylic acids is 2. The first kappa shape index (κ1) is 21.6. The molecular formula is C18H23NO9. The van der Waals surface area contributed by atoms with Crippen molar-refractivity contribution in [3.8, 4) is 5.75 Å². The molecule has 0 aliphatic carbocycles. The van der Waals surface area contributed by atoms with Gasteiger partial charge in [0.1, 0.15) is 6.61 Å². The molecule has 5 atom stereocenters. The molecule has 1 fully saturated rings. The van der Waals surface area contributed by atoms with Gasteiger partial charge in [0.15, 0.2) is 11.9 Å². The minimum atomic E-state index is -1.14. The molecule has 0 bridgehead atoms. The summed E-state index contributed by atoms with van der Waals surface area (Å²) >= 11 is 0. The Morgan fingerprint density at radius 1 is 1.36 bits per heavy atom. The van der Waals surface area contributed by atoms with E-state index in [1.807, 2.05) is 13.8 Å². The summed E-state index contributed by atoms with van der Waals surface area (Å²) in [7, 11) is 0. The summed E-state index contributed by atoms with van der Waals surface area (Å²) in [4.78, 5) is 32.8. The average molecular weight is 397 g/mol. The van der Waals surface area contributed by atoms with E-state index in [0.29, 0.717) is 12.0 Å². The van der Waals surface area contributed by atoms with Crippen LogP contribution < -0.4 is 4.74 Å². The molecule has 1 aliphatic heterocycles. The number of carbonyl (C=O) groups is 2. The molecule has 10 heteroatoms. The zero-order chi connectivity index (χ0) is 20.8. The van der Waals surface area contributed by atoms with Crippen molar-refractivity contribution in [3.05, 3.63) is 33.9 Å². The van der Waals surface area contributed by atoms with E-state index in [1.54, 1.807) is 0 Å². The Labute approximate surface area is 161 Å². The average Bonchev–Trinajstić information content (AvgIpc) is 2.66. The van der Waals surface area contributed by atoms with E-state index in [4.69, 9.17) is 18.9 Å². The quantitative estimate of drug-likeness (QED) is 0.300. The highest BCUT2D eigenvalue weighted by molar-refractivity contribution is 5.66. The van der Waals surface area contributed by atoms with Crippen molar-refractivity contribution in [2.24, 2.45) is 11.8 Å². The second kappa shape index (κ2) is 9.47. The lowest BCUT2D eigenvalue weighted by molar-refractivity contribution is -0.387. The van der Waals surface area contributed by atoms with Gasteiger partial charge in [-0.05, 0) is 17.5 Å². The molecular weight excluding hydrogens is 374 g/mol. The van der Waals surface area contributed by atoms with Crippen LogP contribution in [0.5, 0.6) is 5.75 Å². The van der Waals surface area contributed by atoms with Crippen molar-refractivity contribution in [1.82, 2.24) is 0 Å². The van der Waals surface area contributed by atoms with Gasteiger partial charge in [0.2, 0.25) is 6.29 Å². The second-order valence-corrected chi connectivity index (χ2v) is 6.60. The number of aliphatic hydroxyl groups is 1. The van der Waals surface area contributed by atoms with Crippen molar-refractivity contribution >= 4 is 18.1 Å². The first-order valence-electron chi connectivity index (χ1n) is 8.71. The number of hydrogen-bond acceptors (Lipinski definition) is 9. The highest BCUT2D eigenvalue weighted by Gasteiger charge is 2.45. The van der Waals surface area contributed by atoms with E-state index in [-0.39, 0.29) is 36.5 Å². The molecule has 0 aromatic heterocycles. The minimum absolute atomic E-state index is 0.0345. The number of hydrogen-bond donors (Lipinski definition) is 1. The van der Waals surface area contributed by atoms with Crippen LogP contribution in [0.1, 0.15) is 26.3 Å². The molecule has 0 radical (unpaired) electrons. The summed E-state index contributed by atoms with van der Waals surface area (Å²) in [6.07, 6.45) is -2.51. The van der Waals surface area contributed by atoms with Crippen molar-refractivity contribution in [2.45, 2.75) is 45.9 Å². The molecule has 154 valence electrons. The SMILES string of the molecule is CC(=O)OC1[C@H](Oc2ccc(CO)cc2[N+](=O)[O-])OC(COC=O)[C@@H](C)[C@@H]1C. The van der Waals surface area contributed by atoms with Crippen LogP contribution in [0.15, 0.2) is 18.2 Å². The number of aliphatic hydroxyl groups excluding tert-OH is 1. The lowest BCUT2D eigenvalue weighted by atomic mass is 9.83. The molecule has 1 heterocycles. The Balaban J connectivity index is 2.33. The number of nitro benzene ring substituents is 1. The lowest BCUT2D eigenvalue weighted by Gasteiger charge is -2.43. The summed E-state index contributed by atoms with van der Waals surface area (Å²) < 4.78 is 21.7. The second-order valence-electron chi connectivity index (χ2n) is 6.60. The molecule has 0 amide bonds. The largest absolute Gasteiger partial charge is 0.465 e. The predicted octanol–water partition coefficient (Wildman–Crippen LogP) is 1.57. The maximum atomic E-state index is 11.5. The van der Waals surface area contributed by atoms with Gasteiger partial charge in [-0.1, -0.05) is 19.9 Å². The number of rotatable bonds is 8. The van der Waals surface area contributed by atoms with Crippen molar-refractivity contribution in [2.75, 3.05) is 6.61 Å². The van der Waals surface area contributed by atoms with E-state index in [2.05, 4.69) is 0 Å². The Bertz CT molecular complexity index is 723. The van der Waals surface area contributed by atoms with Gasteiger partial charge in [-0.25, -0.2) is 0 Å². The third-order valence-electron chi connectivity index (χ3n) is 4.79. The first-order chi connectivity index (χ1) is 13.3. The molecule has 1 aromatic carbocycles. The number of nitrogens with zero attached hydrogens (tertiary/aromatic N) is 1. The standard InChI is InChI=1S/C18H23NO9/c1-10-11(2)17(26-12(3)22)18(28-16(10)8-25-9-21)27-15-5-4-13(7-20)6-14(15)19(23)24/h4-6,9-11,16-18,20H,7-8H2,1-3H3/t10-,11-,16?,17?,18+/m0/s1. The van der Waals surface area contributed by atoms with E-state index >= 15 is 0 Å². The molecule has 28 heavy (non-hydrogen) atoms. The van der Waals surface area contributed by atoms with Gasteiger partial charge >= 0.3 is 11.7 Å². The molecule has 1 N–H and O–H groups in total. The summed E-state index contributed by atoms with van der Waals surface area (Å²) in [5, 5.41) is 20.6. The number of nitro groups is 1. The van der Waals surface area contributed by atoms with Crippen molar-refractivity contribution in [1.29, 1.82) is 0 Å². The predicted molar refractivity (Wildman–Crippen MR) is 94.2 cm³/mol. The molecule has 1 saturated heterocycles. The molecule has 10 nitrogen and oxygen atoms in total. The lowest BCUT2D eigenvalue weighted by Crippen LogP contribution is -2.54. The fraction of sp³-hybridized carbons (Fsp3) is 0.556. The van der Waals surface area contributed by atoms with E-state index in [1.165, 1.54) is 25.1 Å². The van der Waals surface area contributed by atoms with Crippen LogP contribution in [0.25, 0.3) is 0 Å². The van der Waals surface area contributed by atoms with E-state index in [9.17, 15) is 24.8 Å². The van der Waals surface area contributed by atoms with Gasteiger partial charge in [0.05, 0.1) is 17.6 Å². The summed E-state index contributed by atoms with van der Waals surface area (Å²) in [6.45, 7) is 4.83. The molecule has 1 aliphatic rings. The van der Waals surface area contributed by atoms with Gasteiger partial charge < -0.3 is 24.1 Å².